The van der Waals surface area contributed by atoms with Crippen molar-refractivity contribution < 1.29 is 14.0 Å². The van der Waals surface area contributed by atoms with Gasteiger partial charge in [0.05, 0.1) is 6.54 Å². The molecular formula is C19H22FN5O2. The van der Waals surface area contributed by atoms with E-state index in [9.17, 15) is 14.0 Å². The number of rotatable bonds is 7. The summed E-state index contributed by atoms with van der Waals surface area (Å²) in [4.78, 5) is 26.6. The molecule has 2 aromatic carbocycles. The summed E-state index contributed by atoms with van der Waals surface area (Å²) in [6.07, 6.45) is 0. The van der Waals surface area contributed by atoms with Crippen LogP contribution in [0.1, 0.15) is 21.5 Å². The number of halogens is 1. The third-order valence-electron chi connectivity index (χ3n) is 3.67. The predicted octanol–water partition coefficient (Wildman–Crippen LogP) is 0.906. The van der Waals surface area contributed by atoms with Crippen molar-refractivity contribution in [3.05, 3.63) is 71.0 Å². The van der Waals surface area contributed by atoms with Crippen LogP contribution in [0, 0.1) is 5.82 Å². The van der Waals surface area contributed by atoms with Gasteiger partial charge >= 0.3 is 0 Å². The summed E-state index contributed by atoms with van der Waals surface area (Å²) < 4.78 is 13.2. The van der Waals surface area contributed by atoms with Crippen molar-refractivity contribution in [3.63, 3.8) is 0 Å². The Labute approximate surface area is 156 Å². The van der Waals surface area contributed by atoms with Gasteiger partial charge in [-0.25, -0.2) is 4.39 Å². The number of benzene rings is 2. The summed E-state index contributed by atoms with van der Waals surface area (Å²) in [5.41, 5.74) is 7.18. The summed E-state index contributed by atoms with van der Waals surface area (Å²) in [6, 6.07) is 13.3. The zero-order chi connectivity index (χ0) is 19.6. The highest BCUT2D eigenvalue weighted by Gasteiger charge is 2.06. The van der Waals surface area contributed by atoms with Gasteiger partial charge in [0.2, 0.25) is 5.91 Å². The van der Waals surface area contributed by atoms with E-state index < -0.39 is 5.91 Å². The van der Waals surface area contributed by atoms with Crippen LogP contribution < -0.4 is 21.7 Å². The predicted molar refractivity (Wildman–Crippen MR) is 101 cm³/mol. The van der Waals surface area contributed by atoms with Crippen molar-refractivity contribution in [2.75, 3.05) is 13.6 Å². The Morgan fingerprint density at radius 1 is 1.00 bits per heavy atom. The number of primary amides is 1. The molecule has 2 amide bonds. The molecule has 0 aromatic heterocycles. The maximum atomic E-state index is 13.2. The fraction of sp³-hybridized carbons (Fsp3) is 0.211. The maximum Gasteiger partial charge on any atom is 0.251 e. The first-order valence-corrected chi connectivity index (χ1v) is 8.32. The molecule has 8 heteroatoms. The third-order valence-corrected chi connectivity index (χ3v) is 3.67. The molecule has 5 N–H and O–H groups in total. The van der Waals surface area contributed by atoms with Crippen LogP contribution in [0.4, 0.5) is 4.39 Å². The molecule has 142 valence electrons. The van der Waals surface area contributed by atoms with Crippen LogP contribution in [-0.4, -0.2) is 31.4 Å². The highest BCUT2D eigenvalue weighted by Crippen LogP contribution is 2.05. The molecule has 0 saturated heterocycles. The molecule has 7 nitrogen and oxygen atoms in total. The molecule has 0 aliphatic heterocycles. The number of nitrogens with one attached hydrogen (secondary N) is 3. The molecule has 0 unspecified atom stereocenters. The molecule has 0 atom stereocenters. The molecule has 2 aromatic rings. The normalized spacial score (nSPS) is 11.0. The molecule has 0 aliphatic carbocycles. The van der Waals surface area contributed by atoms with E-state index in [-0.39, 0.29) is 18.3 Å². The van der Waals surface area contributed by atoms with Crippen molar-refractivity contribution in [2.45, 2.75) is 13.1 Å². The second kappa shape index (κ2) is 9.91. The summed E-state index contributed by atoms with van der Waals surface area (Å²) >= 11 is 0. The highest BCUT2D eigenvalue weighted by atomic mass is 19.1. The van der Waals surface area contributed by atoms with Gasteiger partial charge in [0, 0.05) is 25.7 Å². The number of carbonyl (C=O) groups excluding carboxylic acids is 2. The number of nitrogens with two attached hydrogens (primary N) is 1. The summed E-state index contributed by atoms with van der Waals surface area (Å²) in [6.45, 7) is 0.734. The molecule has 0 aliphatic rings. The van der Waals surface area contributed by atoms with Crippen LogP contribution >= 0.6 is 0 Å². The number of hydrogen-bond acceptors (Lipinski definition) is 3. The van der Waals surface area contributed by atoms with Crippen molar-refractivity contribution in [1.29, 1.82) is 0 Å². The van der Waals surface area contributed by atoms with Crippen LogP contribution in [0.5, 0.6) is 0 Å². The monoisotopic (exact) mass is 371 g/mol. The number of carbonyl (C=O) groups is 2. The number of nitrogens with zero attached hydrogens (tertiary/aromatic N) is 1. The number of aliphatic imine (C=N–C) groups is 1. The lowest BCUT2D eigenvalue weighted by Gasteiger charge is -2.12. The Morgan fingerprint density at radius 2 is 1.67 bits per heavy atom. The zero-order valence-electron chi connectivity index (χ0n) is 15.0. The van der Waals surface area contributed by atoms with Crippen molar-refractivity contribution in [3.8, 4) is 0 Å². The van der Waals surface area contributed by atoms with Gasteiger partial charge in [-0.05, 0) is 35.4 Å². The van der Waals surface area contributed by atoms with E-state index in [1.54, 1.807) is 37.4 Å². The van der Waals surface area contributed by atoms with Crippen LogP contribution in [0.3, 0.4) is 0 Å². The van der Waals surface area contributed by atoms with Crippen LogP contribution in [0.25, 0.3) is 0 Å². The number of amides is 2. The fourth-order valence-electron chi connectivity index (χ4n) is 2.28. The average molecular weight is 371 g/mol. The zero-order valence-corrected chi connectivity index (χ0v) is 15.0. The first kappa shape index (κ1) is 19.9. The minimum absolute atomic E-state index is 0.199. The van der Waals surface area contributed by atoms with Crippen molar-refractivity contribution in [1.82, 2.24) is 16.0 Å². The Balaban J connectivity index is 1.83. The van der Waals surface area contributed by atoms with Gasteiger partial charge in [0.15, 0.2) is 5.96 Å². The molecule has 27 heavy (non-hydrogen) atoms. The molecule has 0 saturated carbocycles. The first-order chi connectivity index (χ1) is 13.0. The molecule has 2 rings (SSSR count). The van der Waals surface area contributed by atoms with Gasteiger partial charge in [0.25, 0.3) is 5.91 Å². The minimum atomic E-state index is -0.596. The lowest BCUT2D eigenvalue weighted by Crippen LogP contribution is -2.36. The van der Waals surface area contributed by atoms with Crippen molar-refractivity contribution >= 4 is 17.8 Å². The van der Waals surface area contributed by atoms with E-state index in [2.05, 4.69) is 20.9 Å². The van der Waals surface area contributed by atoms with Crippen LogP contribution in [0.2, 0.25) is 0 Å². The van der Waals surface area contributed by atoms with Gasteiger partial charge in [0.1, 0.15) is 5.82 Å². The Bertz CT molecular complexity index is 821. The molecular weight excluding hydrogens is 349 g/mol. The minimum Gasteiger partial charge on any atom is -0.368 e. The van der Waals surface area contributed by atoms with E-state index in [4.69, 9.17) is 5.73 Å². The van der Waals surface area contributed by atoms with Gasteiger partial charge in [-0.2, -0.15) is 0 Å². The lowest BCUT2D eigenvalue weighted by molar-refractivity contribution is -0.117. The average Bonchev–Trinajstić information content (AvgIpc) is 2.66. The standard InChI is InChI=1S/C19H22FN5O2/c1-22-19(25-11-14-3-2-4-16(20)9-14)24-10-13-5-7-15(8-6-13)18(27)23-12-17(21)26/h2-9H,10-12H2,1H3,(H2,21,26)(H,23,27)(H2,22,24,25). The first-order valence-electron chi connectivity index (χ1n) is 8.32. The molecule has 0 radical (unpaired) electrons. The molecule has 0 bridgehead atoms. The number of guanidine groups is 1. The van der Waals surface area contributed by atoms with E-state index in [0.29, 0.717) is 24.6 Å². The molecule has 0 fully saturated rings. The van der Waals surface area contributed by atoms with E-state index in [1.807, 2.05) is 6.07 Å². The second-order valence-electron chi connectivity index (χ2n) is 5.76. The van der Waals surface area contributed by atoms with Gasteiger partial charge in [-0.1, -0.05) is 24.3 Å². The number of hydrogen-bond donors (Lipinski definition) is 4. The largest absolute Gasteiger partial charge is 0.368 e. The topological polar surface area (TPSA) is 109 Å². The summed E-state index contributed by atoms with van der Waals surface area (Å²) in [5, 5.41) is 8.68. The Kier molecular flexibility index (Phi) is 7.30. The molecule has 0 heterocycles. The highest BCUT2D eigenvalue weighted by molar-refractivity contribution is 5.96. The van der Waals surface area contributed by atoms with E-state index in [0.717, 1.165) is 11.1 Å². The quantitative estimate of drug-likeness (QED) is 0.428. The lowest BCUT2D eigenvalue weighted by atomic mass is 10.1. The summed E-state index contributed by atoms with van der Waals surface area (Å²) in [5.74, 6) is -0.665. The van der Waals surface area contributed by atoms with E-state index >= 15 is 0 Å². The van der Waals surface area contributed by atoms with Gasteiger partial charge < -0.3 is 21.7 Å². The SMILES string of the molecule is CN=C(NCc1ccc(C(=O)NCC(N)=O)cc1)NCc1cccc(F)c1. The second-order valence-corrected chi connectivity index (χ2v) is 5.76. The Hall–Kier alpha value is -3.42. The third kappa shape index (κ3) is 6.77. The maximum absolute atomic E-state index is 13.2. The van der Waals surface area contributed by atoms with Gasteiger partial charge in [-0.15, -0.1) is 0 Å². The van der Waals surface area contributed by atoms with Crippen molar-refractivity contribution in [2.24, 2.45) is 10.7 Å². The van der Waals surface area contributed by atoms with Gasteiger partial charge in [-0.3, -0.25) is 14.6 Å². The fourth-order valence-corrected chi connectivity index (χ4v) is 2.28. The molecule has 0 spiro atoms. The van der Waals surface area contributed by atoms with Crippen LogP contribution in [0.15, 0.2) is 53.5 Å². The van der Waals surface area contributed by atoms with E-state index in [1.165, 1.54) is 12.1 Å². The summed E-state index contributed by atoms with van der Waals surface area (Å²) in [7, 11) is 1.65. The Morgan fingerprint density at radius 3 is 2.26 bits per heavy atom. The smallest absolute Gasteiger partial charge is 0.251 e. The van der Waals surface area contributed by atoms with Crippen LogP contribution in [-0.2, 0) is 17.9 Å².